The molecule has 0 amide bonds. The van der Waals surface area contributed by atoms with Gasteiger partial charge in [-0.3, -0.25) is 0 Å². The van der Waals surface area contributed by atoms with Crippen LogP contribution < -0.4 is 0 Å². The molecule has 0 atom stereocenters. The highest BCUT2D eigenvalue weighted by molar-refractivity contribution is 5.88. The monoisotopic (exact) mass is 309 g/mol. The molecule has 0 unspecified atom stereocenters. The van der Waals surface area contributed by atoms with Crippen LogP contribution in [0.3, 0.4) is 0 Å². The number of aromatic nitrogens is 2. The second-order valence-corrected chi connectivity index (χ2v) is 4.21. The Labute approximate surface area is 123 Å². The van der Waals surface area contributed by atoms with Crippen molar-refractivity contribution in [2.24, 2.45) is 0 Å². The van der Waals surface area contributed by atoms with E-state index in [9.17, 15) is 18.0 Å². The Bertz CT molecular complexity index is 745. The van der Waals surface area contributed by atoms with Crippen molar-refractivity contribution >= 4 is 5.97 Å². The van der Waals surface area contributed by atoms with Gasteiger partial charge in [-0.1, -0.05) is 6.07 Å². The number of esters is 1. The Morgan fingerprint density at radius 2 is 2.14 bits per heavy atom. The first-order valence-electron chi connectivity index (χ1n) is 6.21. The van der Waals surface area contributed by atoms with Crippen molar-refractivity contribution in [3.8, 4) is 11.8 Å². The van der Waals surface area contributed by atoms with Gasteiger partial charge in [-0.2, -0.15) is 23.5 Å². The van der Waals surface area contributed by atoms with Crippen molar-refractivity contribution in [1.29, 1.82) is 5.26 Å². The highest BCUT2D eigenvalue weighted by Crippen LogP contribution is 2.29. The summed E-state index contributed by atoms with van der Waals surface area (Å²) in [6, 6.07) is 8.23. The van der Waals surface area contributed by atoms with Crippen LogP contribution in [0.5, 0.6) is 0 Å². The minimum atomic E-state index is -4.70. The molecule has 1 aromatic heterocycles. The molecule has 5 nitrogen and oxygen atoms in total. The van der Waals surface area contributed by atoms with Crippen LogP contribution in [0.15, 0.2) is 30.3 Å². The maximum Gasteiger partial charge on any atom is 0.435 e. The Balaban J connectivity index is 2.59. The van der Waals surface area contributed by atoms with E-state index in [4.69, 9.17) is 10.00 Å². The number of nitriles is 1. The summed E-state index contributed by atoms with van der Waals surface area (Å²) >= 11 is 0. The molecule has 0 aliphatic heterocycles. The third-order valence-corrected chi connectivity index (χ3v) is 2.70. The first kappa shape index (κ1) is 15.6. The fourth-order valence-electron chi connectivity index (χ4n) is 1.77. The fraction of sp³-hybridized carbons (Fsp3) is 0.214. The van der Waals surface area contributed by atoms with Gasteiger partial charge in [0.2, 0.25) is 0 Å². The molecule has 1 heterocycles. The standard InChI is InChI=1S/C14H10F3N3O2/c1-2-22-13(21)11-7-12(14(15,16)17)19-20(11)10-5-3-4-9(6-10)8-18/h3-7H,2H2,1H3. The van der Waals surface area contributed by atoms with Gasteiger partial charge in [-0.15, -0.1) is 0 Å². The lowest BCUT2D eigenvalue weighted by molar-refractivity contribution is -0.141. The van der Waals surface area contributed by atoms with E-state index in [1.165, 1.54) is 24.3 Å². The van der Waals surface area contributed by atoms with Crippen molar-refractivity contribution < 1.29 is 22.7 Å². The third-order valence-electron chi connectivity index (χ3n) is 2.70. The second-order valence-electron chi connectivity index (χ2n) is 4.21. The number of nitrogens with zero attached hydrogens (tertiary/aromatic N) is 3. The van der Waals surface area contributed by atoms with Crippen LogP contribution in [-0.2, 0) is 10.9 Å². The Kier molecular flexibility index (Phi) is 4.17. The summed E-state index contributed by atoms with van der Waals surface area (Å²) < 4.78 is 44.0. The zero-order chi connectivity index (χ0) is 16.3. The van der Waals surface area contributed by atoms with E-state index in [2.05, 4.69) is 5.10 Å². The fourth-order valence-corrected chi connectivity index (χ4v) is 1.77. The van der Waals surface area contributed by atoms with E-state index in [0.717, 1.165) is 4.68 Å². The summed E-state index contributed by atoms with van der Waals surface area (Å²) in [7, 11) is 0. The van der Waals surface area contributed by atoms with Crippen molar-refractivity contribution in [3.63, 3.8) is 0 Å². The number of alkyl halides is 3. The molecule has 1 aromatic carbocycles. The van der Waals surface area contributed by atoms with E-state index in [0.29, 0.717) is 6.07 Å². The van der Waals surface area contributed by atoms with Crippen molar-refractivity contribution in [1.82, 2.24) is 9.78 Å². The number of hydrogen-bond donors (Lipinski definition) is 0. The summed E-state index contributed by atoms with van der Waals surface area (Å²) in [6.45, 7) is 1.56. The van der Waals surface area contributed by atoms with Crippen LogP contribution in [0.25, 0.3) is 5.69 Å². The molecule has 2 aromatic rings. The molecule has 0 radical (unpaired) electrons. The molecule has 2 rings (SSSR count). The lowest BCUT2D eigenvalue weighted by Gasteiger charge is -2.07. The first-order chi connectivity index (χ1) is 10.4. The van der Waals surface area contributed by atoms with Crippen LogP contribution >= 0.6 is 0 Å². The van der Waals surface area contributed by atoms with E-state index < -0.39 is 17.8 Å². The molecular formula is C14H10F3N3O2. The largest absolute Gasteiger partial charge is 0.461 e. The summed E-state index contributed by atoms with van der Waals surface area (Å²) in [4.78, 5) is 11.8. The summed E-state index contributed by atoms with van der Waals surface area (Å²) in [5.74, 6) is -0.923. The van der Waals surface area contributed by atoms with Crippen molar-refractivity contribution in [2.75, 3.05) is 6.61 Å². The predicted molar refractivity (Wildman–Crippen MR) is 69.2 cm³/mol. The number of carbonyl (C=O) groups excluding carboxylic acids is 1. The van der Waals surface area contributed by atoms with E-state index in [1.54, 1.807) is 6.92 Å². The molecular weight excluding hydrogens is 299 g/mol. The molecule has 0 saturated heterocycles. The maximum absolute atomic E-state index is 12.8. The summed E-state index contributed by atoms with van der Waals surface area (Å²) in [5.41, 5.74) is -1.17. The van der Waals surface area contributed by atoms with Crippen LogP contribution in [0.2, 0.25) is 0 Å². The first-order valence-corrected chi connectivity index (χ1v) is 6.21. The average Bonchev–Trinajstić information content (AvgIpc) is 2.93. The molecule has 8 heteroatoms. The maximum atomic E-state index is 12.8. The number of benzene rings is 1. The van der Waals surface area contributed by atoms with Gasteiger partial charge < -0.3 is 4.74 Å². The quantitative estimate of drug-likeness (QED) is 0.818. The van der Waals surface area contributed by atoms with E-state index in [-0.39, 0.29) is 23.6 Å². The topological polar surface area (TPSA) is 67.9 Å². The van der Waals surface area contributed by atoms with Gasteiger partial charge in [0.05, 0.1) is 23.9 Å². The average molecular weight is 309 g/mol. The zero-order valence-corrected chi connectivity index (χ0v) is 11.4. The number of hydrogen-bond acceptors (Lipinski definition) is 4. The normalized spacial score (nSPS) is 11.0. The van der Waals surface area contributed by atoms with Gasteiger partial charge in [-0.25, -0.2) is 9.48 Å². The number of ether oxygens (including phenoxy) is 1. The van der Waals surface area contributed by atoms with Gasteiger partial charge in [0.25, 0.3) is 0 Å². The number of rotatable bonds is 3. The lowest BCUT2D eigenvalue weighted by Crippen LogP contribution is -2.12. The summed E-state index contributed by atoms with van der Waals surface area (Å²) in [6.07, 6.45) is -4.70. The second kappa shape index (κ2) is 5.89. The number of carbonyl (C=O) groups is 1. The van der Waals surface area contributed by atoms with Crippen LogP contribution in [-0.4, -0.2) is 22.4 Å². The lowest BCUT2D eigenvalue weighted by atomic mass is 10.2. The minimum Gasteiger partial charge on any atom is -0.461 e. The molecule has 0 spiro atoms. The molecule has 22 heavy (non-hydrogen) atoms. The van der Waals surface area contributed by atoms with Crippen molar-refractivity contribution in [2.45, 2.75) is 13.1 Å². The Morgan fingerprint density at radius 3 is 2.73 bits per heavy atom. The Hall–Kier alpha value is -2.82. The molecule has 0 aliphatic rings. The Morgan fingerprint density at radius 1 is 1.41 bits per heavy atom. The zero-order valence-electron chi connectivity index (χ0n) is 11.4. The molecule has 0 fully saturated rings. The van der Waals surface area contributed by atoms with Gasteiger partial charge in [0.1, 0.15) is 0 Å². The highest BCUT2D eigenvalue weighted by Gasteiger charge is 2.36. The van der Waals surface area contributed by atoms with E-state index in [1.807, 2.05) is 6.07 Å². The predicted octanol–water partition coefficient (Wildman–Crippen LogP) is 2.94. The molecule has 0 aliphatic carbocycles. The van der Waals surface area contributed by atoms with Gasteiger partial charge >= 0.3 is 12.1 Å². The van der Waals surface area contributed by atoms with Crippen LogP contribution in [0, 0.1) is 11.3 Å². The SMILES string of the molecule is CCOC(=O)c1cc(C(F)(F)F)nn1-c1cccc(C#N)c1. The highest BCUT2D eigenvalue weighted by atomic mass is 19.4. The van der Waals surface area contributed by atoms with Gasteiger partial charge in [0.15, 0.2) is 11.4 Å². The van der Waals surface area contributed by atoms with E-state index >= 15 is 0 Å². The number of halogens is 3. The summed E-state index contributed by atoms with van der Waals surface area (Å²) in [5, 5.41) is 12.3. The van der Waals surface area contributed by atoms with Crippen molar-refractivity contribution in [3.05, 3.63) is 47.3 Å². The van der Waals surface area contributed by atoms with Crippen LogP contribution in [0.1, 0.15) is 28.7 Å². The van der Waals surface area contributed by atoms with Gasteiger partial charge in [-0.05, 0) is 25.1 Å². The smallest absolute Gasteiger partial charge is 0.435 e. The van der Waals surface area contributed by atoms with Gasteiger partial charge in [0, 0.05) is 6.07 Å². The minimum absolute atomic E-state index is 0.0175. The van der Waals surface area contributed by atoms with Crippen LogP contribution in [0.4, 0.5) is 13.2 Å². The third kappa shape index (κ3) is 3.09. The molecule has 0 bridgehead atoms. The molecule has 0 saturated carbocycles. The molecule has 114 valence electrons. The molecule has 0 N–H and O–H groups in total.